The molecule has 22 heavy (non-hydrogen) atoms. The Balaban J connectivity index is 4.40. The van der Waals surface area contributed by atoms with Gasteiger partial charge in [-0.25, -0.2) is 0 Å². The summed E-state index contributed by atoms with van der Waals surface area (Å²) in [6, 6.07) is 0. The first kappa shape index (κ1) is 20.9. The SMILES string of the molecule is CCCCCOC(=O)C[C@H](C(=O)OCCCCC)S(=O)(=O)O. The summed E-state index contributed by atoms with van der Waals surface area (Å²) in [6.45, 7) is 4.18. The van der Waals surface area contributed by atoms with Crippen molar-refractivity contribution in [2.75, 3.05) is 13.2 Å². The van der Waals surface area contributed by atoms with E-state index in [-0.39, 0.29) is 13.2 Å². The third-order valence-electron chi connectivity index (χ3n) is 2.98. The van der Waals surface area contributed by atoms with Crippen LogP contribution in [0.4, 0.5) is 0 Å². The number of rotatable bonds is 12. The van der Waals surface area contributed by atoms with Crippen molar-refractivity contribution in [2.24, 2.45) is 0 Å². The molecule has 0 aromatic carbocycles. The van der Waals surface area contributed by atoms with Crippen LogP contribution in [0.2, 0.25) is 0 Å². The lowest BCUT2D eigenvalue weighted by molar-refractivity contribution is -0.150. The van der Waals surface area contributed by atoms with E-state index in [9.17, 15) is 18.0 Å². The fraction of sp³-hybridized carbons (Fsp3) is 0.857. The number of unbranched alkanes of at least 4 members (excludes halogenated alkanes) is 4. The largest absolute Gasteiger partial charge is 0.466 e. The van der Waals surface area contributed by atoms with Crippen LogP contribution in [0.15, 0.2) is 0 Å². The van der Waals surface area contributed by atoms with Gasteiger partial charge in [0.15, 0.2) is 5.25 Å². The molecular formula is C14H26O7S. The van der Waals surface area contributed by atoms with Crippen molar-refractivity contribution >= 4 is 22.1 Å². The van der Waals surface area contributed by atoms with Gasteiger partial charge in [-0.05, 0) is 12.8 Å². The molecular weight excluding hydrogens is 312 g/mol. The Morgan fingerprint density at radius 2 is 1.45 bits per heavy atom. The maximum atomic E-state index is 11.7. The van der Waals surface area contributed by atoms with Gasteiger partial charge in [-0.15, -0.1) is 0 Å². The molecule has 130 valence electrons. The Hall–Kier alpha value is -1.15. The fourth-order valence-corrected chi connectivity index (χ4v) is 2.33. The van der Waals surface area contributed by atoms with E-state index in [0.717, 1.165) is 25.7 Å². The van der Waals surface area contributed by atoms with Gasteiger partial charge >= 0.3 is 11.9 Å². The first-order chi connectivity index (χ1) is 10.3. The number of hydrogen-bond donors (Lipinski definition) is 1. The molecule has 0 bridgehead atoms. The average Bonchev–Trinajstić information content (AvgIpc) is 2.44. The number of hydrogen-bond acceptors (Lipinski definition) is 6. The van der Waals surface area contributed by atoms with E-state index in [1.54, 1.807) is 0 Å². The number of ether oxygens (including phenoxy) is 2. The van der Waals surface area contributed by atoms with Crippen LogP contribution in [0.1, 0.15) is 58.8 Å². The van der Waals surface area contributed by atoms with Crippen molar-refractivity contribution < 1.29 is 32.0 Å². The number of carbonyl (C=O) groups is 2. The van der Waals surface area contributed by atoms with E-state index >= 15 is 0 Å². The minimum Gasteiger partial charge on any atom is -0.466 e. The van der Waals surface area contributed by atoms with Crippen molar-refractivity contribution in [3.05, 3.63) is 0 Å². The maximum Gasteiger partial charge on any atom is 0.327 e. The van der Waals surface area contributed by atoms with Crippen molar-refractivity contribution in [3.8, 4) is 0 Å². The highest BCUT2D eigenvalue weighted by Gasteiger charge is 2.35. The van der Waals surface area contributed by atoms with Crippen molar-refractivity contribution in [1.82, 2.24) is 0 Å². The van der Waals surface area contributed by atoms with Crippen LogP contribution in [0, 0.1) is 0 Å². The highest BCUT2D eigenvalue weighted by molar-refractivity contribution is 7.87. The lowest BCUT2D eigenvalue weighted by atomic mass is 10.2. The zero-order valence-electron chi connectivity index (χ0n) is 13.2. The summed E-state index contributed by atoms with van der Waals surface area (Å²) in [5.41, 5.74) is 0. The highest BCUT2D eigenvalue weighted by atomic mass is 32.2. The molecule has 0 saturated heterocycles. The Morgan fingerprint density at radius 1 is 0.955 bits per heavy atom. The molecule has 8 heteroatoms. The third-order valence-corrected chi connectivity index (χ3v) is 4.06. The molecule has 0 aliphatic carbocycles. The molecule has 0 spiro atoms. The standard InChI is InChI=1S/C14H26O7S/c1-3-5-7-9-20-13(15)11-12(22(17,18)19)14(16)21-10-8-6-4-2/h12H,3-11H2,1-2H3,(H,17,18,19)/t12-/m1/s1. The van der Waals surface area contributed by atoms with Gasteiger partial charge < -0.3 is 9.47 Å². The van der Waals surface area contributed by atoms with Crippen molar-refractivity contribution in [1.29, 1.82) is 0 Å². The monoisotopic (exact) mass is 338 g/mol. The van der Waals surface area contributed by atoms with Gasteiger partial charge in [0.2, 0.25) is 0 Å². The molecule has 0 aromatic heterocycles. The Kier molecular flexibility index (Phi) is 10.8. The van der Waals surface area contributed by atoms with E-state index in [1.807, 2.05) is 13.8 Å². The number of esters is 2. The van der Waals surface area contributed by atoms with E-state index in [2.05, 4.69) is 0 Å². The molecule has 1 atom stereocenters. The van der Waals surface area contributed by atoms with Crippen LogP contribution < -0.4 is 0 Å². The van der Waals surface area contributed by atoms with Gasteiger partial charge in [0.05, 0.1) is 19.6 Å². The summed E-state index contributed by atoms with van der Waals surface area (Å²) in [5, 5.41) is -1.92. The summed E-state index contributed by atoms with van der Waals surface area (Å²) in [5.74, 6) is -1.96. The summed E-state index contributed by atoms with van der Waals surface area (Å²) in [6.07, 6.45) is 4.12. The molecule has 7 nitrogen and oxygen atoms in total. The molecule has 0 heterocycles. The van der Waals surface area contributed by atoms with Gasteiger partial charge in [0.1, 0.15) is 0 Å². The van der Waals surface area contributed by atoms with Gasteiger partial charge in [0, 0.05) is 0 Å². The van der Waals surface area contributed by atoms with Crippen LogP contribution in [-0.4, -0.2) is 43.4 Å². The Morgan fingerprint density at radius 3 is 1.91 bits per heavy atom. The maximum absolute atomic E-state index is 11.7. The summed E-state index contributed by atoms with van der Waals surface area (Å²) in [4.78, 5) is 23.2. The van der Waals surface area contributed by atoms with Crippen molar-refractivity contribution in [2.45, 2.75) is 64.0 Å². The molecule has 0 radical (unpaired) electrons. The quantitative estimate of drug-likeness (QED) is 0.330. The molecule has 0 aliphatic rings. The summed E-state index contributed by atoms with van der Waals surface area (Å²) in [7, 11) is -4.71. The topological polar surface area (TPSA) is 107 Å². The Bertz CT molecular complexity index is 430. The van der Waals surface area contributed by atoms with Gasteiger partial charge in [0.25, 0.3) is 10.1 Å². The summed E-state index contributed by atoms with van der Waals surface area (Å²) >= 11 is 0. The fourth-order valence-electron chi connectivity index (χ4n) is 1.68. The number of carbonyl (C=O) groups excluding carboxylic acids is 2. The molecule has 0 aliphatic heterocycles. The van der Waals surface area contributed by atoms with Crippen molar-refractivity contribution in [3.63, 3.8) is 0 Å². The second-order valence-electron chi connectivity index (χ2n) is 5.01. The van der Waals surface area contributed by atoms with Crippen LogP contribution in [0.25, 0.3) is 0 Å². The third kappa shape index (κ3) is 9.73. The zero-order chi connectivity index (χ0) is 17.0. The molecule has 0 aromatic rings. The predicted molar refractivity (Wildman–Crippen MR) is 80.9 cm³/mol. The Labute approximate surface area is 132 Å². The van der Waals surface area contributed by atoms with E-state index in [4.69, 9.17) is 14.0 Å². The van der Waals surface area contributed by atoms with Crippen LogP contribution in [0.3, 0.4) is 0 Å². The first-order valence-electron chi connectivity index (χ1n) is 7.61. The minimum absolute atomic E-state index is 0.0598. The van der Waals surface area contributed by atoms with E-state index < -0.39 is 33.7 Å². The molecule has 1 N–H and O–H groups in total. The second kappa shape index (κ2) is 11.4. The van der Waals surface area contributed by atoms with Gasteiger partial charge in [-0.1, -0.05) is 39.5 Å². The van der Waals surface area contributed by atoms with E-state index in [0.29, 0.717) is 12.8 Å². The molecule has 0 unspecified atom stereocenters. The highest BCUT2D eigenvalue weighted by Crippen LogP contribution is 2.10. The van der Waals surface area contributed by atoms with Crippen LogP contribution in [-0.2, 0) is 29.2 Å². The average molecular weight is 338 g/mol. The normalized spacial score (nSPS) is 12.7. The smallest absolute Gasteiger partial charge is 0.327 e. The molecule has 0 saturated carbocycles. The zero-order valence-corrected chi connectivity index (χ0v) is 14.1. The lowest BCUT2D eigenvalue weighted by Crippen LogP contribution is -2.34. The van der Waals surface area contributed by atoms with Crippen LogP contribution in [0.5, 0.6) is 0 Å². The molecule has 0 fully saturated rings. The second-order valence-corrected chi connectivity index (χ2v) is 6.61. The van der Waals surface area contributed by atoms with Gasteiger partial charge in [-0.2, -0.15) is 8.42 Å². The van der Waals surface area contributed by atoms with Crippen LogP contribution >= 0.6 is 0 Å². The first-order valence-corrected chi connectivity index (χ1v) is 9.11. The molecule has 0 rings (SSSR count). The summed E-state index contributed by atoms with van der Waals surface area (Å²) < 4.78 is 41.1. The predicted octanol–water partition coefficient (Wildman–Crippen LogP) is 2.10. The minimum atomic E-state index is -4.71. The lowest BCUT2D eigenvalue weighted by Gasteiger charge is -2.13. The van der Waals surface area contributed by atoms with Gasteiger partial charge in [-0.3, -0.25) is 14.1 Å². The van der Waals surface area contributed by atoms with E-state index in [1.165, 1.54) is 0 Å². The molecule has 0 amide bonds.